The first-order chi connectivity index (χ1) is 15.0. The number of fused-ring (bicyclic) bond motifs is 1. The van der Waals surface area contributed by atoms with Gasteiger partial charge in [0, 0.05) is 32.6 Å². The molecular weight excluding hydrogens is 388 g/mol. The summed E-state index contributed by atoms with van der Waals surface area (Å²) in [7, 11) is 3.51. The first-order valence-electron chi connectivity index (χ1n) is 11.1. The van der Waals surface area contributed by atoms with E-state index in [0.29, 0.717) is 12.6 Å². The molecule has 0 radical (unpaired) electrons. The van der Waals surface area contributed by atoms with Gasteiger partial charge in [0.05, 0.1) is 12.6 Å². The van der Waals surface area contributed by atoms with Crippen LogP contribution in [0.25, 0.3) is 0 Å². The summed E-state index contributed by atoms with van der Waals surface area (Å²) in [6, 6.07) is 18.9. The Morgan fingerprint density at radius 2 is 1.87 bits per heavy atom. The van der Waals surface area contributed by atoms with Crippen molar-refractivity contribution < 1.29 is 9.53 Å². The van der Waals surface area contributed by atoms with Crippen molar-refractivity contribution in [3.05, 3.63) is 65.7 Å². The van der Waals surface area contributed by atoms with Crippen LogP contribution in [0.15, 0.2) is 59.6 Å². The van der Waals surface area contributed by atoms with Gasteiger partial charge in [-0.05, 0) is 36.3 Å². The molecule has 0 spiro atoms. The Labute approximate surface area is 184 Å². The number of hydrogen-bond donors (Lipinski definition) is 2. The minimum atomic E-state index is -0.0149. The molecule has 1 heterocycles. The van der Waals surface area contributed by atoms with E-state index in [9.17, 15) is 4.79 Å². The maximum absolute atomic E-state index is 12.1. The van der Waals surface area contributed by atoms with E-state index in [-0.39, 0.29) is 23.9 Å². The van der Waals surface area contributed by atoms with E-state index in [0.717, 1.165) is 30.7 Å². The molecule has 1 saturated carbocycles. The predicted molar refractivity (Wildman–Crippen MR) is 123 cm³/mol. The van der Waals surface area contributed by atoms with E-state index in [1.54, 1.807) is 19.0 Å². The molecule has 0 saturated heterocycles. The number of aliphatic imine (C=N–C) groups is 1. The lowest BCUT2D eigenvalue weighted by molar-refractivity contribution is -0.127. The Balaban J connectivity index is 1.45. The van der Waals surface area contributed by atoms with Gasteiger partial charge >= 0.3 is 0 Å². The van der Waals surface area contributed by atoms with Crippen molar-refractivity contribution in [3.8, 4) is 5.75 Å². The van der Waals surface area contributed by atoms with E-state index < -0.39 is 0 Å². The molecule has 6 nitrogen and oxygen atoms in total. The molecule has 31 heavy (non-hydrogen) atoms. The van der Waals surface area contributed by atoms with Gasteiger partial charge in [-0.3, -0.25) is 4.79 Å². The van der Waals surface area contributed by atoms with E-state index in [1.807, 2.05) is 18.2 Å². The Hall–Kier alpha value is -3.02. The smallest absolute Gasteiger partial charge is 0.243 e. The summed E-state index contributed by atoms with van der Waals surface area (Å²) in [5.41, 5.74) is 2.77. The number of likely N-dealkylation sites (N-methyl/N-ethyl adjacent to an activating group) is 1. The number of amides is 1. The molecule has 0 bridgehead atoms. The number of rotatable bonds is 7. The van der Waals surface area contributed by atoms with Crippen molar-refractivity contribution in [1.82, 2.24) is 15.5 Å². The molecule has 6 heteroatoms. The van der Waals surface area contributed by atoms with Crippen LogP contribution in [-0.2, 0) is 11.2 Å². The van der Waals surface area contributed by atoms with Gasteiger partial charge in [-0.15, -0.1) is 0 Å². The summed E-state index contributed by atoms with van der Waals surface area (Å²) in [5, 5.41) is 7.10. The zero-order chi connectivity index (χ0) is 21.7. The second-order valence-electron chi connectivity index (χ2n) is 8.84. The molecule has 164 valence electrons. The molecule has 1 amide bonds. The van der Waals surface area contributed by atoms with E-state index in [1.165, 1.54) is 18.4 Å². The molecule has 1 aliphatic carbocycles. The molecule has 0 aromatic heterocycles. The van der Waals surface area contributed by atoms with Crippen molar-refractivity contribution >= 4 is 11.9 Å². The molecule has 2 aromatic carbocycles. The van der Waals surface area contributed by atoms with Gasteiger partial charge in [0.2, 0.25) is 5.91 Å². The molecule has 1 atom stereocenters. The van der Waals surface area contributed by atoms with Crippen LogP contribution in [0.5, 0.6) is 5.75 Å². The minimum absolute atomic E-state index is 0.0149. The van der Waals surface area contributed by atoms with Gasteiger partial charge in [0.1, 0.15) is 12.3 Å². The van der Waals surface area contributed by atoms with Crippen LogP contribution in [0.1, 0.15) is 36.4 Å². The number of nitrogens with one attached hydrogen (secondary N) is 2. The van der Waals surface area contributed by atoms with Gasteiger partial charge in [-0.25, -0.2) is 4.99 Å². The first kappa shape index (κ1) is 21.2. The van der Waals surface area contributed by atoms with Crippen LogP contribution >= 0.6 is 0 Å². The summed E-state index contributed by atoms with van der Waals surface area (Å²) in [6.45, 7) is 1.63. The number of carbonyl (C=O) groups is 1. The van der Waals surface area contributed by atoms with Gasteiger partial charge in [-0.1, -0.05) is 48.5 Å². The standard InChI is InChI=1S/C25H32N4O2/c1-29(2)23(30)17-26-24(28-21-12-15-31-22-11-7-6-10-20(21)22)27-18-25(13-14-25)16-19-8-4-3-5-9-19/h3-11,21H,12-18H2,1-2H3,(H2,26,27,28). The minimum Gasteiger partial charge on any atom is -0.493 e. The van der Waals surface area contributed by atoms with Crippen LogP contribution < -0.4 is 15.4 Å². The fourth-order valence-corrected chi connectivity index (χ4v) is 3.99. The van der Waals surface area contributed by atoms with Crippen LogP contribution in [0.3, 0.4) is 0 Å². The Morgan fingerprint density at radius 1 is 1.13 bits per heavy atom. The number of para-hydroxylation sites is 1. The average Bonchev–Trinajstić information content (AvgIpc) is 3.55. The molecule has 2 aliphatic rings. The molecular formula is C25H32N4O2. The van der Waals surface area contributed by atoms with E-state index >= 15 is 0 Å². The molecule has 1 aliphatic heterocycles. The predicted octanol–water partition coefficient (Wildman–Crippen LogP) is 3.16. The maximum Gasteiger partial charge on any atom is 0.243 e. The highest BCUT2D eigenvalue weighted by Crippen LogP contribution is 2.47. The van der Waals surface area contributed by atoms with E-state index in [4.69, 9.17) is 4.74 Å². The molecule has 1 fully saturated rings. The topological polar surface area (TPSA) is 66.0 Å². The molecule has 2 aromatic rings. The lowest BCUT2D eigenvalue weighted by atomic mass is 9.96. The zero-order valence-corrected chi connectivity index (χ0v) is 18.4. The summed E-state index contributed by atoms with van der Waals surface area (Å²) < 4.78 is 5.79. The lowest BCUT2D eigenvalue weighted by Crippen LogP contribution is -2.44. The first-order valence-corrected chi connectivity index (χ1v) is 11.1. The SMILES string of the molecule is CN(C)C(=O)CN=C(NCC1(Cc2ccccc2)CC1)NC1CCOc2ccccc21. The largest absolute Gasteiger partial charge is 0.493 e. The number of nitrogens with zero attached hydrogens (tertiary/aromatic N) is 2. The third-order valence-corrected chi connectivity index (χ3v) is 6.15. The lowest BCUT2D eigenvalue weighted by Gasteiger charge is -2.29. The van der Waals surface area contributed by atoms with Gasteiger partial charge in [0.15, 0.2) is 5.96 Å². The van der Waals surface area contributed by atoms with Crippen molar-refractivity contribution in [2.75, 3.05) is 33.8 Å². The summed E-state index contributed by atoms with van der Waals surface area (Å²) >= 11 is 0. The summed E-state index contributed by atoms with van der Waals surface area (Å²) in [4.78, 5) is 18.3. The quantitative estimate of drug-likeness (QED) is 0.533. The average molecular weight is 421 g/mol. The molecule has 2 N–H and O–H groups in total. The highest BCUT2D eigenvalue weighted by atomic mass is 16.5. The Morgan fingerprint density at radius 3 is 2.61 bits per heavy atom. The molecule has 4 rings (SSSR count). The summed E-state index contributed by atoms with van der Waals surface area (Å²) in [6.07, 6.45) is 4.33. The second kappa shape index (κ2) is 9.41. The summed E-state index contributed by atoms with van der Waals surface area (Å²) in [5.74, 6) is 1.59. The zero-order valence-electron chi connectivity index (χ0n) is 18.4. The normalized spacial score (nSPS) is 19.0. The Kier molecular flexibility index (Phi) is 6.44. The fraction of sp³-hybridized carbons (Fsp3) is 0.440. The van der Waals surface area contributed by atoms with Crippen LogP contribution in [0, 0.1) is 5.41 Å². The van der Waals surface area contributed by atoms with E-state index in [2.05, 4.69) is 52.0 Å². The van der Waals surface area contributed by atoms with Gasteiger partial charge < -0.3 is 20.3 Å². The third-order valence-electron chi connectivity index (χ3n) is 6.15. The van der Waals surface area contributed by atoms with Crippen molar-refractivity contribution in [2.24, 2.45) is 10.4 Å². The third kappa shape index (κ3) is 5.57. The number of ether oxygens (including phenoxy) is 1. The van der Waals surface area contributed by atoms with Crippen molar-refractivity contribution in [2.45, 2.75) is 31.7 Å². The van der Waals surface area contributed by atoms with Gasteiger partial charge in [0.25, 0.3) is 0 Å². The van der Waals surface area contributed by atoms with Crippen molar-refractivity contribution in [3.63, 3.8) is 0 Å². The number of benzene rings is 2. The molecule has 1 unspecified atom stereocenters. The highest BCUT2D eigenvalue weighted by molar-refractivity contribution is 5.85. The number of guanidine groups is 1. The second-order valence-corrected chi connectivity index (χ2v) is 8.84. The fourth-order valence-electron chi connectivity index (χ4n) is 3.99. The highest BCUT2D eigenvalue weighted by Gasteiger charge is 2.42. The van der Waals surface area contributed by atoms with Crippen LogP contribution in [0.4, 0.5) is 0 Å². The van der Waals surface area contributed by atoms with Crippen molar-refractivity contribution in [1.29, 1.82) is 0 Å². The number of carbonyl (C=O) groups excluding carboxylic acids is 1. The maximum atomic E-state index is 12.1. The van der Waals surface area contributed by atoms with Crippen LogP contribution in [0.2, 0.25) is 0 Å². The Bertz CT molecular complexity index is 922. The van der Waals surface area contributed by atoms with Crippen LogP contribution in [-0.4, -0.2) is 50.6 Å². The number of hydrogen-bond acceptors (Lipinski definition) is 3. The monoisotopic (exact) mass is 420 g/mol. The van der Waals surface area contributed by atoms with Gasteiger partial charge in [-0.2, -0.15) is 0 Å².